The third-order valence-electron chi connectivity index (χ3n) is 5.22. The molecule has 26 heavy (non-hydrogen) atoms. The van der Waals surface area contributed by atoms with Crippen LogP contribution in [0.15, 0.2) is 12.2 Å². The van der Waals surface area contributed by atoms with Crippen molar-refractivity contribution in [3.05, 3.63) is 12.2 Å². The van der Waals surface area contributed by atoms with Gasteiger partial charge in [0, 0.05) is 7.11 Å². The maximum Gasteiger partial charge on any atom is 0.395 e. The number of aliphatic hydroxyl groups excluding tert-OH is 1. The minimum Gasteiger partial charge on any atom is -0.475 e. The molecule has 152 valence electrons. The molecule has 0 saturated heterocycles. The Morgan fingerprint density at radius 3 is 2.62 bits per heavy atom. The molecule has 0 bridgehead atoms. The van der Waals surface area contributed by atoms with Crippen LogP contribution in [0.1, 0.15) is 71.1 Å². The molecular weight excluding hydrogens is 336 g/mol. The molecule has 1 rings (SSSR count). The highest BCUT2D eigenvalue weighted by atomic mass is 16.8. The molecule has 4 atom stereocenters. The van der Waals surface area contributed by atoms with E-state index in [2.05, 4.69) is 23.8 Å². The second-order valence-corrected chi connectivity index (χ2v) is 7.19. The molecule has 1 unspecified atom stereocenters. The van der Waals surface area contributed by atoms with Crippen molar-refractivity contribution >= 4 is 5.97 Å². The summed E-state index contributed by atoms with van der Waals surface area (Å²) >= 11 is 0. The van der Waals surface area contributed by atoms with E-state index in [0.717, 1.165) is 39.2 Å². The lowest BCUT2D eigenvalue weighted by Gasteiger charge is -2.22. The molecule has 6 heteroatoms. The molecule has 0 aliphatic heterocycles. The number of carboxylic acid groups (broad SMARTS) is 1. The number of hydrogen-bond acceptors (Lipinski definition) is 5. The summed E-state index contributed by atoms with van der Waals surface area (Å²) in [7, 11) is 1.09. The monoisotopic (exact) mass is 372 g/mol. The zero-order valence-electron chi connectivity index (χ0n) is 16.2. The van der Waals surface area contributed by atoms with E-state index in [9.17, 15) is 15.0 Å². The van der Waals surface area contributed by atoms with E-state index in [-0.39, 0.29) is 18.6 Å². The summed E-state index contributed by atoms with van der Waals surface area (Å²) in [6, 6.07) is 0. The van der Waals surface area contributed by atoms with Crippen LogP contribution in [0.3, 0.4) is 0 Å². The summed E-state index contributed by atoms with van der Waals surface area (Å²) in [5.74, 6) is -3.46. The lowest BCUT2D eigenvalue weighted by molar-refractivity contribution is -0.334. The van der Waals surface area contributed by atoms with Crippen molar-refractivity contribution < 1.29 is 29.6 Å². The van der Waals surface area contributed by atoms with Crippen LogP contribution in [0.25, 0.3) is 0 Å². The molecule has 0 aromatic rings. The van der Waals surface area contributed by atoms with Gasteiger partial charge in [-0.1, -0.05) is 44.8 Å². The fraction of sp³-hybridized carbons (Fsp3) is 0.850. The number of ether oxygens (including phenoxy) is 2. The van der Waals surface area contributed by atoms with Gasteiger partial charge in [0.2, 0.25) is 0 Å². The summed E-state index contributed by atoms with van der Waals surface area (Å²) in [5.41, 5.74) is 0. The average molecular weight is 373 g/mol. The number of carboxylic acids is 1. The van der Waals surface area contributed by atoms with Crippen LogP contribution >= 0.6 is 0 Å². The minimum absolute atomic E-state index is 0.0946. The standard InChI is InChI=1S/C20H36O6/c1-3-4-5-6-7-8-11-16-13-14-18(21)17(16)12-9-10-15-26-20(24,25-2)19(22)23/h8,11,16-18,21,24H,3-7,9-10,12-15H2,1-2H3,(H,22,23)/t16-,17+,18-,20?/m0/s1. The van der Waals surface area contributed by atoms with Gasteiger partial charge in [-0.25, -0.2) is 4.79 Å². The summed E-state index contributed by atoms with van der Waals surface area (Å²) in [6.07, 6.45) is 14.6. The summed E-state index contributed by atoms with van der Waals surface area (Å²) in [6.45, 7) is 2.31. The van der Waals surface area contributed by atoms with E-state index in [1.54, 1.807) is 0 Å². The highest BCUT2D eigenvalue weighted by molar-refractivity contribution is 5.73. The third kappa shape index (κ3) is 7.74. The Balaban J connectivity index is 2.28. The van der Waals surface area contributed by atoms with Gasteiger partial charge >= 0.3 is 11.9 Å². The van der Waals surface area contributed by atoms with Crippen molar-refractivity contribution in [1.82, 2.24) is 0 Å². The zero-order chi connectivity index (χ0) is 19.4. The molecule has 6 nitrogen and oxygen atoms in total. The topological polar surface area (TPSA) is 96.2 Å². The summed E-state index contributed by atoms with van der Waals surface area (Å²) < 4.78 is 9.40. The van der Waals surface area contributed by atoms with Gasteiger partial charge < -0.3 is 24.8 Å². The minimum atomic E-state index is -2.57. The molecule has 1 fully saturated rings. The molecule has 1 aliphatic carbocycles. The SMILES string of the molecule is CCCCCCC=C[C@H]1CC[C@H](O)[C@@H]1CCCCOC(O)(OC)C(=O)O. The number of hydrogen-bond donors (Lipinski definition) is 3. The Bertz CT molecular complexity index is 425. The second kappa shape index (κ2) is 12.4. The largest absolute Gasteiger partial charge is 0.475 e. The van der Waals surface area contributed by atoms with Crippen molar-refractivity contribution in [3.63, 3.8) is 0 Å². The predicted octanol–water partition coefficient (Wildman–Crippen LogP) is 3.46. The quantitative estimate of drug-likeness (QED) is 0.245. The molecule has 0 aromatic carbocycles. The first-order valence-electron chi connectivity index (χ1n) is 9.94. The molecule has 1 aliphatic rings. The number of aliphatic hydroxyl groups is 2. The Morgan fingerprint density at radius 1 is 1.19 bits per heavy atom. The first-order valence-corrected chi connectivity index (χ1v) is 9.94. The van der Waals surface area contributed by atoms with Crippen molar-refractivity contribution in [2.24, 2.45) is 11.8 Å². The van der Waals surface area contributed by atoms with Crippen LogP contribution < -0.4 is 0 Å². The smallest absolute Gasteiger partial charge is 0.395 e. The van der Waals surface area contributed by atoms with Crippen LogP contribution in [-0.2, 0) is 14.3 Å². The van der Waals surface area contributed by atoms with E-state index >= 15 is 0 Å². The van der Waals surface area contributed by atoms with Crippen LogP contribution in [-0.4, -0.2) is 47.1 Å². The Kier molecular flexibility index (Phi) is 11.0. The first-order chi connectivity index (χ1) is 12.4. The van der Waals surface area contributed by atoms with Gasteiger partial charge in [0.25, 0.3) is 0 Å². The number of unbranched alkanes of at least 4 members (excludes halogenated alkanes) is 5. The third-order valence-corrected chi connectivity index (χ3v) is 5.22. The van der Waals surface area contributed by atoms with Crippen molar-refractivity contribution in [2.45, 2.75) is 83.2 Å². The maximum absolute atomic E-state index is 10.9. The van der Waals surface area contributed by atoms with E-state index in [1.165, 1.54) is 25.7 Å². The van der Waals surface area contributed by atoms with E-state index in [4.69, 9.17) is 9.84 Å². The Hall–Kier alpha value is -0.950. The molecule has 0 amide bonds. The van der Waals surface area contributed by atoms with Crippen molar-refractivity contribution in [3.8, 4) is 0 Å². The Labute approximate surface area is 157 Å². The van der Waals surface area contributed by atoms with Crippen LogP contribution in [0, 0.1) is 11.8 Å². The van der Waals surface area contributed by atoms with Gasteiger partial charge in [0.05, 0.1) is 12.7 Å². The molecule has 0 spiro atoms. The average Bonchev–Trinajstić information content (AvgIpc) is 2.97. The second-order valence-electron chi connectivity index (χ2n) is 7.19. The van der Waals surface area contributed by atoms with Crippen molar-refractivity contribution in [1.29, 1.82) is 0 Å². The van der Waals surface area contributed by atoms with E-state index in [1.807, 2.05) is 0 Å². The molecule has 0 aromatic heterocycles. The molecule has 1 saturated carbocycles. The lowest BCUT2D eigenvalue weighted by atomic mass is 9.89. The summed E-state index contributed by atoms with van der Waals surface area (Å²) in [4.78, 5) is 10.9. The number of aliphatic carboxylic acids is 1. The normalized spacial score (nSPS) is 25.6. The van der Waals surface area contributed by atoms with Crippen molar-refractivity contribution in [2.75, 3.05) is 13.7 Å². The first kappa shape index (κ1) is 23.1. The van der Waals surface area contributed by atoms with Crippen LogP contribution in [0.5, 0.6) is 0 Å². The Morgan fingerprint density at radius 2 is 1.96 bits per heavy atom. The molecule has 0 heterocycles. The zero-order valence-corrected chi connectivity index (χ0v) is 16.2. The number of rotatable bonds is 14. The molecule has 0 radical (unpaired) electrons. The van der Waals surface area contributed by atoms with Crippen LogP contribution in [0.2, 0.25) is 0 Å². The fourth-order valence-electron chi connectivity index (χ4n) is 3.58. The van der Waals surface area contributed by atoms with Gasteiger partial charge in [-0.15, -0.1) is 0 Å². The maximum atomic E-state index is 10.9. The lowest BCUT2D eigenvalue weighted by Crippen LogP contribution is -2.43. The van der Waals surface area contributed by atoms with Gasteiger partial charge in [-0.2, -0.15) is 0 Å². The van der Waals surface area contributed by atoms with Gasteiger partial charge in [0.15, 0.2) is 0 Å². The number of carbonyl (C=O) groups is 1. The highest BCUT2D eigenvalue weighted by Crippen LogP contribution is 2.36. The van der Waals surface area contributed by atoms with Gasteiger partial charge in [-0.05, 0) is 50.4 Å². The van der Waals surface area contributed by atoms with Crippen LogP contribution in [0.4, 0.5) is 0 Å². The molecule has 3 N–H and O–H groups in total. The highest BCUT2D eigenvalue weighted by Gasteiger charge is 2.38. The van der Waals surface area contributed by atoms with E-state index < -0.39 is 11.9 Å². The summed E-state index contributed by atoms with van der Waals surface area (Å²) in [5, 5.41) is 28.6. The van der Waals surface area contributed by atoms with Gasteiger partial charge in [-0.3, -0.25) is 0 Å². The molecular formula is C20H36O6. The van der Waals surface area contributed by atoms with E-state index in [0.29, 0.717) is 12.3 Å². The predicted molar refractivity (Wildman–Crippen MR) is 99.5 cm³/mol. The fourth-order valence-corrected chi connectivity index (χ4v) is 3.58. The number of methoxy groups -OCH3 is 1. The number of allylic oxidation sites excluding steroid dienone is 2. The van der Waals surface area contributed by atoms with Gasteiger partial charge in [0.1, 0.15) is 0 Å².